The normalized spacial score (nSPS) is 22.7. The first-order chi connectivity index (χ1) is 29.7. The number of nitrogens with two attached hydrogens (primary N) is 1. The Morgan fingerprint density at radius 3 is 2.02 bits per heavy atom. The smallest absolute Gasteiger partial charge is 0.305 e. The Balaban J connectivity index is 1.91. The number of nitrogens with one attached hydrogen (secondary N) is 7. The maximum absolute atomic E-state index is 13.9. The van der Waals surface area contributed by atoms with Crippen LogP contribution in [-0.2, 0) is 56.0 Å². The number of carboxylic acid groups (broad SMARTS) is 1. The number of aliphatic hydroxyl groups is 2. The predicted molar refractivity (Wildman–Crippen MR) is 227 cm³/mol. The molecule has 1 heterocycles. The second-order valence-corrected chi connectivity index (χ2v) is 16.2. The summed E-state index contributed by atoms with van der Waals surface area (Å²) in [4.78, 5) is 120. The van der Waals surface area contributed by atoms with Crippen LogP contribution in [0.2, 0.25) is 0 Å². The largest absolute Gasteiger partial charge is 0.508 e. The number of carbonyl (C=O) groups excluding carboxylic acids is 8. The molecule has 0 spiro atoms. The van der Waals surface area contributed by atoms with E-state index in [1.54, 1.807) is 44.2 Å². The molecule has 22 heteroatoms. The van der Waals surface area contributed by atoms with Crippen LogP contribution >= 0.6 is 11.8 Å². The monoisotopic (exact) mass is 900 g/mol. The maximum Gasteiger partial charge on any atom is 0.305 e. The van der Waals surface area contributed by atoms with Gasteiger partial charge in [-0.05, 0) is 49.4 Å². The summed E-state index contributed by atoms with van der Waals surface area (Å²) < 4.78 is 0. The van der Waals surface area contributed by atoms with Crippen molar-refractivity contribution in [2.45, 2.75) is 108 Å². The average molecular weight is 901 g/mol. The third-order valence-corrected chi connectivity index (χ3v) is 11.2. The summed E-state index contributed by atoms with van der Waals surface area (Å²) in [6.07, 6.45) is -2.41. The third-order valence-electron chi connectivity index (χ3n) is 10.1. The van der Waals surface area contributed by atoms with Crippen molar-refractivity contribution in [2.24, 2.45) is 11.7 Å². The molecule has 1 aliphatic heterocycles. The standard InChI is InChI=1S/C41H56N8O13S/c1-5-20(2)32-39(60)43-21(3)41(62)63-19-30(38(59)45-28(17-31(53)54)35(56)44-27(36(57)48-32)16-23-9-7-6-8-10-23)47-40(61)33(22(4)51)49-37(58)29(18-50)46-34(55)26(42)15-24-11-13-25(52)14-12-24/h6-14,20-22,26-30,32-33,50-52H,5,15-19,42H2,1-4H3,(H,43,60)(H,44,56)(H,45,59)(H,46,55)(H,47,61)(H,48,57)(H,49,58)(H,53,54)/t20-,21+,22+,26-,27+,28-,29-,30-,32-,33-/m0/s1. The summed E-state index contributed by atoms with van der Waals surface area (Å²) in [6, 6.07) is 2.08. The van der Waals surface area contributed by atoms with E-state index in [9.17, 15) is 63.6 Å². The molecule has 0 aliphatic carbocycles. The van der Waals surface area contributed by atoms with E-state index in [-0.39, 0.29) is 18.6 Å². The van der Waals surface area contributed by atoms with Gasteiger partial charge in [0.15, 0.2) is 0 Å². The number of hydrogen-bond acceptors (Lipinski definition) is 14. The lowest BCUT2D eigenvalue weighted by molar-refractivity contribution is -0.141. The number of hydrogen-bond donors (Lipinski definition) is 12. The van der Waals surface area contributed by atoms with Gasteiger partial charge in [0.25, 0.3) is 0 Å². The van der Waals surface area contributed by atoms with Gasteiger partial charge in [0, 0.05) is 12.2 Å². The van der Waals surface area contributed by atoms with Crippen LogP contribution in [0.5, 0.6) is 5.75 Å². The first-order valence-electron chi connectivity index (χ1n) is 20.1. The van der Waals surface area contributed by atoms with Crippen molar-refractivity contribution in [1.82, 2.24) is 37.2 Å². The molecule has 0 unspecified atom stereocenters. The Bertz CT molecular complexity index is 1960. The highest BCUT2D eigenvalue weighted by Crippen LogP contribution is 2.15. The minimum atomic E-state index is -1.87. The van der Waals surface area contributed by atoms with Gasteiger partial charge in [0.05, 0.1) is 31.2 Å². The zero-order valence-electron chi connectivity index (χ0n) is 35.2. The molecule has 1 aliphatic rings. The molecule has 13 N–H and O–H groups in total. The van der Waals surface area contributed by atoms with E-state index in [1.165, 1.54) is 31.2 Å². The van der Waals surface area contributed by atoms with Gasteiger partial charge in [-0.15, -0.1) is 0 Å². The number of rotatable bonds is 16. The molecule has 0 radical (unpaired) electrons. The van der Waals surface area contributed by atoms with Crippen LogP contribution < -0.4 is 43.0 Å². The number of aromatic hydroxyl groups is 1. The minimum Gasteiger partial charge on any atom is -0.508 e. The summed E-state index contributed by atoms with van der Waals surface area (Å²) in [6.45, 7) is 4.96. The summed E-state index contributed by atoms with van der Waals surface area (Å²) in [5.41, 5.74) is 7.14. The lowest BCUT2D eigenvalue weighted by atomic mass is 9.96. The van der Waals surface area contributed by atoms with Crippen molar-refractivity contribution in [1.29, 1.82) is 0 Å². The van der Waals surface area contributed by atoms with E-state index in [0.29, 0.717) is 29.3 Å². The number of phenols is 1. The number of benzene rings is 2. The molecule has 0 aromatic heterocycles. The van der Waals surface area contributed by atoms with Crippen molar-refractivity contribution in [3.63, 3.8) is 0 Å². The van der Waals surface area contributed by atoms with Crippen molar-refractivity contribution >= 4 is 64.2 Å². The van der Waals surface area contributed by atoms with Crippen molar-refractivity contribution in [3.8, 4) is 5.75 Å². The Morgan fingerprint density at radius 1 is 0.810 bits per heavy atom. The molecule has 1 fully saturated rings. The fourth-order valence-electron chi connectivity index (χ4n) is 6.15. The molecule has 3 rings (SSSR count). The van der Waals surface area contributed by atoms with E-state index >= 15 is 0 Å². The molecular weight excluding hydrogens is 845 g/mol. The van der Waals surface area contributed by atoms with Crippen molar-refractivity contribution in [2.75, 3.05) is 12.4 Å². The minimum absolute atomic E-state index is 0.0136. The molecule has 21 nitrogen and oxygen atoms in total. The maximum atomic E-state index is 13.9. The van der Waals surface area contributed by atoms with Crippen LogP contribution in [0.3, 0.4) is 0 Å². The third kappa shape index (κ3) is 16.0. The first kappa shape index (κ1) is 51.3. The van der Waals surface area contributed by atoms with Crippen LogP contribution in [0.4, 0.5) is 0 Å². The molecular formula is C41H56N8O13S. The highest BCUT2D eigenvalue weighted by Gasteiger charge is 2.37. The number of phenolic OH excluding ortho intramolecular Hbond substituents is 1. The molecule has 10 atom stereocenters. The summed E-state index contributed by atoms with van der Waals surface area (Å²) >= 11 is 0.475. The lowest BCUT2D eigenvalue weighted by Crippen LogP contribution is -2.63. The van der Waals surface area contributed by atoms with Crippen LogP contribution in [0, 0.1) is 5.92 Å². The van der Waals surface area contributed by atoms with Crippen molar-refractivity contribution < 1.29 is 63.6 Å². The van der Waals surface area contributed by atoms with Crippen LogP contribution in [0.1, 0.15) is 51.7 Å². The van der Waals surface area contributed by atoms with E-state index in [4.69, 9.17) is 5.73 Å². The quantitative estimate of drug-likeness (QED) is 0.0804. The van der Waals surface area contributed by atoms with E-state index in [0.717, 1.165) is 6.92 Å². The zero-order chi connectivity index (χ0) is 47.0. The van der Waals surface area contributed by atoms with E-state index in [2.05, 4.69) is 37.2 Å². The lowest BCUT2D eigenvalue weighted by Gasteiger charge is -2.29. The molecule has 344 valence electrons. The number of aliphatic carboxylic acids is 1. The average Bonchev–Trinajstić information content (AvgIpc) is 3.24. The molecule has 2 aromatic rings. The molecule has 63 heavy (non-hydrogen) atoms. The van der Waals surface area contributed by atoms with E-state index < -0.39 is 132 Å². The highest BCUT2D eigenvalue weighted by atomic mass is 32.2. The fraction of sp³-hybridized carbons (Fsp3) is 0.488. The van der Waals surface area contributed by atoms with Crippen LogP contribution in [0.25, 0.3) is 0 Å². The fourth-order valence-corrected chi connectivity index (χ4v) is 7.03. The number of carboxylic acids is 1. The SMILES string of the molecule is CC[C@H](C)[C@@H]1NC(=O)[C@@H](Cc2ccccc2)NC(=O)[C@H](CC(=O)O)NC(=O)[C@@H](NC(=O)[C@@H](NC(=O)[C@H](CO)NC(=O)[C@@H](N)Cc2ccc(O)cc2)[C@@H](C)O)CSC(=O)[C@@H](C)NC1=O. The zero-order valence-corrected chi connectivity index (χ0v) is 36.0. The van der Waals surface area contributed by atoms with E-state index in [1.807, 2.05) is 0 Å². The Kier molecular flexibility index (Phi) is 19.9. The number of amides is 7. The molecule has 1 saturated heterocycles. The molecule has 7 amide bonds. The van der Waals surface area contributed by atoms with Gasteiger partial charge >= 0.3 is 5.97 Å². The number of carbonyl (C=O) groups is 9. The topological polar surface area (TPSA) is 345 Å². The van der Waals surface area contributed by atoms with Crippen molar-refractivity contribution in [3.05, 3.63) is 65.7 Å². The Morgan fingerprint density at radius 2 is 1.43 bits per heavy atom. The summed E-state index contributed by atoms with van der Waals surface area (Å²) in [5.74, 6) is -9.67. The number of aliphatic hydroxyl groups excluding tert-OH is 2. The van der Waals surface area contributed by atoms with Gasteiger partial charge in [-0.3, -0.25) is 43.2 Å². The van der Waals surface area contributed by atoms with Crippen LogP contribution in [-0.4, -0.2) is 140 Å². The van der Waals surface area contributed by atoms with Crippen LogP contribution in [0.15, 0.2) is 54.6 Å². The van der Waals surface area contributed by atoms with Gasteiger partial charge in [-0.1, -0.05) is 74.5 Å². The second-order valence-electron chi connectivity index (χ2n) is 15.2. The van der Waals surface area contributed by atoms with Gasteiger partial charge < -0.3 is 63.4 Å². The molecule has 2 aromatic carbocycles. The summed E-state index contributed by atoms with van der Waals surface area (Å²) in [7, 11) is 0. The highest BCUT2D eigenvalue weighted by molar-refractivity contribution is 8.13. The summed E-state index contributed by atoms with van der Waals surface area (Å²) in [5, 5.41) is 55.8. The Hall–Kier alpha value is -6.10. The second kappa shape index (κ2) is 24.5. The molecule has 0 bridgehead atoms. The number of thioether (sulfide) groups is 1. The van der Waals surface area contributed by atoms with Gasteiger partial charge in [-0.2, -0.15) is 0 Å². The first-order valence-corrected chi connectivity index (χ1v) is 21.1. The molecule has 0 saturated carbocycles. The van der Waals surface area contributed by atoms with Gasteiger partial charge in [0.1, 0.15) is 42.0 Å². The predicted octanol–water partition coefficient (Wildman–Crippen LogP) is -2.91. The van der Waals surface area contributed by atoms with Gasteiger partial charge in [0.2, 0.25) is 46.5 Å². The Labute approximate surface area is 367 Å². The van der Waals surface area contributed by atoms with Gasteiger partial charge in [-0.25, -0.2) is 0 Å².